The topological polar surface area (TPSA) is 72.1 Å². The van der Waals surface area contributed by atoms with Gasteiger partial charge in [0.1, 0.15) is 9.71 Å². The number of carbonyl (C=O) groups excluding carboxylic acids is 1. The zero-order valence-electron chi connectivity index (χ0n) is 12.2. The molecule has 0 radical (unpaired) electrons. The number of rotatable bonds is 3. The van der Waals surface area contributed by atoms with Crippen LogP contribution in [0.4, 0.5) is 5.69 Å². The number of nitrogen functional groups attached to an aromatic ring is 1. The molecule has 5 nitrogen and oxygen atoms in total. The molecular formula is C15H20N4OS. The maximum Gasteiger partial charge on any atom is 0.266 e. The Morgan fingerprint density at radius 3 is 3.14 bits per heavy atom. The number of thiophene rings is 1. The zero-order valence-corrected chi connectivity index (χ0v) is 13.0. The van der Waals surface area contributed by atoms with Crippen LogP contribution in [0.3, 0.4) is 0 Å². The number of hydrogen-bond acceptors (Lipinski definition) is 5. The van der Waals surface area contributed by atoms with Crippen LogP contribution in [-0.2, 0) is 0 Å². The summed E-state index contributed by atoms with van der Waals surface area (Å²) in [7, 11) is 0. The first-order valence-corrected chi connectivity index (χ1v) is 8.34. The molecule has 1 aliphatic rings. The molecular weight excluding hydrogens is 284 g/mol. The van der Waals surface area contributed by atoms with E-state index in [9.17, 15) is 4.79 Å². The molecule has 2 aromatic heterocycles. The van der Waals surface area contributed by atoms with Crippen LogP contribution < -0.4 is 5.73 Å². The molecule has 1 saturated heterocycles. The van der Waals surface area contributed by atoms with Crippen molar-refractivity contribution >= 4 is 33.1 Å². The Morgan fingerprint density at radius 1 is 1.52 bits per heavy atom. The molecule has 1 fully saturated rings. The van der Waals surface area contributed by atoms with E-state index in [4.69, 9.17) is 5.73 Å². The second-order valence-electron chi connectivity index (χ2n) is 5.53. The number of nitrogens with two attached hydrogens (primary N) is 1. The third-order valence-electron chi connectivity index (χ3n) is 4.12. The highest BCUT2D eigenvalue weighted by Crippen LogP contribution is 2.34. The smallest absolute Gasteiger partial charge is 0.266 e. The van der Waals surface area contributed by atoms with Crippen molar-refractivity contribution in [3.8, 4) is 0 Å². The van der Waals surface area contributed by atoms with Crippen molar-refractivity contribution < 1.29 is 4.79 Å². The van der Waals surface area contributed by atoms with E-state index >= 15 is 0 Å². The fourth-order valence-electron chi connectivity index (χ4n) is 3.06. The zero-order chi connectivity index (χ0) is 14.8. The monoisotopic (exact) mass is 304 g/mol. The van der Waals surface area contributed by atoms with Crippen LogP contribution in [0.1, 0.15) is 48.7 Å². The molecule has 0 saturated carbocycles. The molecule has 0 aliphatic carbocycles. The molecule has 1 amide bonds. The average molecular weight is 304 g/mol. The number of hydrogen-bond donors (Lipinski definition) is 1. The van der Waals surface area contributed by atoms with Crippen molar-refractivity contribution in [3.63, 3.8) is 0 Å². The minimum Gasteiger partial charge on any atom is -0.397 e. The summed E-state index contributed by atoms with van der Waals surface area (Å²) in [6.07, 6.45) is 7.17. The van der Waals surface area contributed by atoms with Crippen LogP contribution in [0.2, 0.25) is 0 Å². The number of piperidine rings is 1. The summed E-state index contributed by atoms with van der Waals surface area (Å²) in [6.45, 7) is 3.00. The van der Waals surface area contributed by atoms with Crippen LogP contribution in [0, 0.1) is 0 Å². The van der Waals surface area contributed by atoms with Crippen LogP contribution in [0.25, 0.3) is 10.2 Å². The summed E-state index contributed by atoms with van der Waals surface area (Å²) >= 11 is 1.36. The highest BCUT2D eigenvalue weighted by molar-refractivity contribution is 7.21. The third kappa shape index (κ3) is 2.60. The minimum absolute atomic E-state index is 0.0636. The second-order valence-corrected chi connectivity index (χ2v) is 6.53. The Bertz CT molecular complexity index is 652. The van der Waals surface area contributed by atoms with Gasteiger partial charge in [-0.05, 0) is 31.7 Å². The molecule has 1 atom stereocenters. The van der Waals surface area contributed by atoms with Crippen molar-refractivity contribution in [1.29, 1.82) is 0 Å². The lowest BCUT2D eigenvalue weighted by atomic mass is 9.98. The van der Waals surface area contributed by atoms with E-state index in [0.29, 0.717) is 16.6 Å². The molecule has 1 aliphatic heterocycles. The number of anilines is 1. The van der Waals surface area contributed by atoms with Gasteiger partial charge >= 0.3 is 0 Å². The number of likely N-dealkylation sites (tertiary alicyclic amines) is 1. The van der Waals surface area contributed by atoms with E-state index in [2.05, 4.69) is 17.1 Å². The lowest BCUT2D eigenvalue weighted by molar-refractivity contribution is 0.0607. The van der Waals surface area contributed by atoms with Gasteiger partial charge in [-0.1, -0.05) is 13.3 Å². The summed E-state index contributed by atoms with van der Waals surface area (Å²) in [5.41, 5.74) is 6.71. The summed E-state index contributed by atoms with van der Waals surface area (Å²) in [4.78, 5) is 16.3. The van der Waals surface area contributed by atoms with Gasteiger partial charge in [0.05, 0.1) is 11.9 Å². The highest BCUT2D eigenvalue weighted by atomic mass is 32.1. The number of nitrogens with zero attached hydrogens (tertiary/aromatic N) is 3. The van der Waals surface area contributed by atoms with Crippen molar-refractivity contribution in [2.45, 2.75) is 45.1 Å². The van der Waals surface area contributed by atoms with Crippen molar-refractivity contribution in [2.75, 3.05) is 12.3 Å². The predicted octanol–water partition coefficient (Wildman–Crippen LogP) is 3.07. The number of amides is 1. The third-order valence-corrected chi connectivity index (χ3v) is 5.22. The van der Waals surface area contributed by atoms with E-state index < -0.39 is 0 Å². The molecule has 1 unspecified atom stereocenters. The Morgan fingerprint density at radius 2 is 2.38 bits per heavy atom. The van der Waals surface area contributed by atoms with Crippen LogP contribution in [-0.4, -0.2) is 33.6 Å². The number of fused-ring (bicyclic) bond motifs is 1. The lowest BCUT2D eigenvalue weighted by Crippen LogP contribution is -2.43. The largest absolute Gasteiger partial charge is 0.397 e. The maximum absolute atomic E-state index is 12.9. The summed E-state index contributed by atoms with van der Waals surface area (Å²) in [5, 5.41) is 8.76. The molecule has 3 heterocycles. The summed E-state index contributed by atoms with van der Waals surface area (Å²) in [6, 6.07) is 2.18. The molecule has 6 heteroatoms. The van der Waals surface area contributed by atoms with Gasteiger partial charge in [-0.15, -0.1) is 16.4 Å². The molecule has 21 heavy (non-hydrogen) atoms. The fourth-order valence-corrected chi connectivity index (χ4v) is 4.06. The molecule has 0 aromatic carbocycles. The average Bonchev–Trinajstić information content (AvgIpc) is 2.85. The van der Waals surface area contributed by atoms with Gasteiger partial charge < -0.3 is 10.6 Å². The Labute approximate surface area is 128 Å². The van der Waals surface area contributed by atoms with E-state index in [1.54, 1.807) is 6.20 Å². The van der Waals surface area contributed by atoms with E-state index in [-0.39, 0.29) is 5.91 Å². The van der Waals surface area contributed by atoms with E-state index in [1.165, 1.54) is 17.8 Å². The Hall–Kier alpha value is -1.69. The Balaban J connectivity index is 1.93. The molecule has 3 rings (SSSR count). The lowest BCUT2D eigenvalue weighted by Gasteiger charge is -2.35. The van der Waals surface area contributed by atoms with Gasteiger partial charge in [-0.2, -0.15) is 5.10 Å². The molecule has 2 N–H and O–H groups in total. The van der Waals surface area contributed by atoms with Crippen molar-refractivity contribution in [3.05, 3.63) is 17.1 Å². The van der Waals surface area contributed by atoms with Gasteiger partial charge in [0.15, 0.2) is 0 Å². The van der Waals surface area contributed by atoms with Crippen LogP contribution in [0.15, 0.2) is 12.3 Å². The predicted molar refractivity (Wildman–Crippen MR) is 85.4 cm³/mol. The first kappa shape index (κ1) is 14.3. The molecule has 2 aromatic rings. The second kappa shape index (κ2) is 5.97. The molecule has 0 spiro atoms. The van der Waals surface area contributed by atoms with Gasteiger partial charge in [0.2, 0.25) is 0 Å². The van der Waals surface area contributed by atoms with Crippen molar-refractivity contribution in [1.82, 2.24) is 15.1 Å². The van der Waals surface area contributed by atoms with Gasteiger partial charge in [-0.3, -0.25) is 4.79 Å². The maximum atomic E-state index is 12.9. The van der Waals surface area contributed by atoms with Crippen LogP contribution in [0.5, 0.6) is 0 Å². The van der Waals surface area contributed by atoms with Gasteiger partial charge in [-0.25, -0.2) is 0 Å². The fraction of sp³-hybridized carbons (Fsp3) is 0.533. The SMILES string of the molecule is CCCC1CCCCN1C(=O)c1sc2nnccc2c1N. The van der Waals surface area contributed by atoms with E-state index in [0.717, 1.165) is 42.4 Å². The first-order valence-electron chi connectivity index (χ1n) is 7.53. The van der Waals surface area contributed by atoms with Gasteiger partial charge in [0.25, 0.3) is 5.91 Å². The number of aromatic nitrogens is 2. The van der Waals surface area contributed by atoms with Crippen molar-refractivity contribution in [2.24, 2.45) is 0 Å². The Kier molecular flexibility index (Phi) is 4.05. The highest BCUT2D eigenvalue weighted by Gasteiger charge is 2.29. The number of carbonyl (C=O) groups is 1. The normalized spacial score (nSPS) is 19.1. The molecule has 0 bridgehead atoms. The quantitative estimate of drug-likeness (QED) is 0.946. The first-order chi connectivity index (χ1) is 10.2. The van der Waals surface area contributed by atoms with E-state index in [1.807, 2.05) is 11.0 Å². The van der Waals surface area contributed by atoms with Crippen LogP contribution >= 0.6 is 11.3 Å². The summed E-state index contributed by atoms with van der Waals surface area (Å²) < 4.78 is 0. The van der Waals surface area contributed by atoms with Gasteiger partial charge in [0, 0.05) is 18.0 Å². The summed E-state index contributed by atoms with van der Waals surface area (Å²) in [5.74, 6) is 0.0636. The minimum atomic E-state index is 0.0636. The standard InChI is InChI=1S/C15H20N4OS/c1-2-5-10-6-3-4-9-19(10)15(20)13-12(16)11-7-8-17-18-14(11)21-13/h7-8,10H,2-6,9,16H2,1H3. The molecule has 112 valence electrons.